The molecule has 0 radical (unpaired) electrons. The van der Waals surface area contributed by atoms with Gasteiger partial charge in [-0.25, -0.2) is 4.98 Å². The molecular weight excluding hydrogens is 442 g/mol. The highest BCUT2D eigenvalue weighted by molar-refractivity contribution is 6.09. The van der Waals surface area contributed by atoms with Crippen LogP contribution < -0.4 is 24.8 Å². The van der Waals surface area contributed by atoms with Crippen molar-refractivity contribution in [1.82, 2.24) is 4.98 Å². The van der Waals surface area contributed by atoms with E-state index in [1.54, 1.807) is 26.0 Å². The molecule has 7 nitrogen and oxygen atoms in total. The zero-order valence-corrected chi connectivity index (χ0v) is 19.9. The van der Waals surface area contributed by atoms with E-state index in [0.717, 1.165) is 52.9 Å². The highest BCUT2D eigenvalue weighted by Crippen LogP contribution is 2.50. The van der Waals surface area contributed by atoms with Gasteiger partial charge in [-0.3, -0.25) is 4.79 Å². The van der Waals surface area contributed by atoms with Crippen molar-refractivity contribution < 1.29 is 19.0 Å². The van der Waals surface area contributed by atoms with Crippen LogP contribution in [0.25, 0.3) is 22.2 Å². The number of carbonyl (C=O) groups is 1. The molecule has 0 saturated heterocycles. The number of aromatic nitrogens is 1. The zero-order valence-electron chi connectivity index (χ0n) is 19.1. The van der Waals surface area contributed by atoms with Gasteiger partial charge in [0.25, 0.3) is 0 Å². The third-order valence-electron chi connectivity index (χ3n) is 6.36. The average Bonchev–Trinajstić information content (AvgIpc) is 3.16. The topological polar surface area (TPSA) is 86.9 Å². The number of hydrogen-bond acceptors (Lipinski definition) is 6. The Balaban J connectivity index is 0.00000259. The molecule has 2 aromatic carbocycles. The van der Waals surface area contributed by atoms with Gasteiger partial charge in [-0.2, -0.15) is 0 Å². The van der Waals surface area contributed by atoms with E-state index in [1.165, 1.54) is 16.7 Å². The van der Waals surface area contributed by atoms with Crippen LogP contribution >= 0.6 is 12.4 Å². The van der Waals surface area contributed by atoms with Crippen LogP contribution in [0.2, 0.25) is 0 Å². The van der Waals surface area contributed by atoms with E-state index >= 15 is 0 Å². The minimum atomic E-state index is -0.0217. The van der Waals surface area contributed by atoms with Crippen molar-refractivity contribution >= 4 is 34.9 Å². The van der Waals surface area contributed by atoms with Crippen molar-refractivity contribution in [1.29, 1.82) is 0 Å². The summed E-state index contributed by atoms with van der Waals surface area (Å²) in [6, 6.07) is 8.11. The van der Waals surface area contributed by atoms with Gasteiger partial charge in [0.2, 0.25) is 5.91 Å². The van der Waals surface area contributed by atoms with E-state index in [4.69, 9.17) is 24.9 Å². The number of carbonyl (C=O) groups excluding carboxylic acids is 1. The van der Waals surface area contributed by atoms with Crippen LogP contribution in [0.4, 0.5) is 5.69 Å². The maximum Gasteiger partial charge on any atom is 0.223 e. The second-order valence-electron chi connectivity index (χ2n) is 8.18. The number of fused-ring (bicyclic) bond motifs is 4. The maximum atomic E-state index is 12.5. The van der Waals surface area contributed by atoms with Crippen LogP contribution in [0, 0.1) is 0 Å². The first kappa shape index (κ1) is 23.1. The highest BCUT2D eigenvalue weighted by atomic mass is 35.5. The van der Waals surface area contributed by atoms with Gasteiger partial charge in [0.15, 0.2) is 11.5 Å². The molecule has 0 bridgehead atoms. The fourth-order valence-corrected chi connectivity index (χ4v) is 4.93. The Bertz CT molecular complexity index is 1240. The molecule has 0 spiro atoms. The number of ether oxygens (including phenoxy) is 3. The number of hydrogen-bond donors (Lipinski definition) is 1. The fourth-order valence-electron chi connectivity index (χ4n) is 4.93. The van der Waals surface area contributed by atoms with E-state index in [1.807, 2.05) is 12.1 Å². The SMILES string of the molecule is COc1cc2nc3c(c4c2c(c1OC)N(C(C)=O)CC4)Cc1cc(OCCCN)ccc1-3.Cl. The molecule has 0 unspecified atom stereocenters. The normalized spacial score (nSPS) is 13.3. The second kappa shape index (κ2) is 9.08. The van der Waals surface area contributed by atoms with Crippen LogP contribution in [0.1, 0.15) is 30.0 Å². The molecule has 8 heteroatoms. The van der Waals surface area contributed by atoms with Crippen molar-refractivity contribution in [3.8, 4) is 28.5 Å². The van der Waals surface area contributed by atoms with Crippen molar-refractivity contribution in [2.45, 2.75) is 26.2 Å². The van der Waals surface area contributed by atoms with Gasteiger partial charge in [-0.05, 0) is 54.3 Å². The molecule has 3 aromatic rings. The highest BCUT2D eigenvalue weighted by Gasteiger charge is 2.33. The summed E-state index contributed by atoms with van der Waals surface area (Å²) in [6.45, 7) is 3.40. The third kappa shape index (κ3) is 3.65. The van der Waals surface area contributed by atoms with Gasteiger partial charge < -0.3 is 24.8 Å². The fraction of sp³-hybridized carbons (Fsp3) is 0.360. The van der Waals surface area contributed by atoms with Crippen LogP contribution in [0.5, 0.6) is 17.2 Å². The van der Waals surface area contributed by atoms with Gasteiger partial charge in [0, 0.05) is 36.9 Å². The van der Waals surface area contributed by atoms with E-state index in [2.05, 4.69) is 12.1 Å². The molecule has 2 aliphatic rings. The number of nitrogens with two attached hydrogens (primary N) is 1. The number of pyridine rings is 1. The van der Waals surface area contributed by atoms with Crippen molar-refractivity contribution in [3.63, 3.8) is 0 Å². The molecule has 2 heterocycles. The number of nitrogens with zero attached hydrogens (tertiary/aromatic N) is 2. The molecule has 1 amide bonds. The lowest BCUT2D eigenvalue weighted by Gasteiger charge is -2.31. The molecule has 1 aromatic heterocycles. The lowest BCUT2D eigenvalue weighted by Crippen LogP contribution is -2.34. The molecule has 5 rings (SSSR count). The summed E-state index contributed by atoms with van der Waals surface area (Å²) in [5, 5.41) is 0.982. The first-order valence-electron chi connectivity index (χ1n) is 10.9. The summed E-state index contributed by atoms with van der Waals surface area (Å²) in [4.78, 5) is 19.3. The third-order valence-corrected chi connectivity index (χ3v) is 6.36. The van der Waals surface area contributed by atoms with E-state index in [0.29, 0.717) is 31.2 Å². The quantitative estimate of drug-likeness (QED) is 0.431. The number of methoxy groups -OCH3 is 2. The van der Waals surface area contributed by atoms with Gasteiger partial charge >= 0.3 is 0 Å². The number of amides is 1. The van der Waals surface area contributed by atoms with Gasteiger partial charge in [-0.1, -0.05) is 0 Å². The molecule has 0 atom stereocenters. The summed E-state index contributed by atoms with van der Waals surface area (Å²) >= 11 is 0. The number of anilines is 1. The van der Waals surface area contributed by atoms with Gasteiger partial charge in [0.1, 0.15) is 5.75 Å². The second-order valence-corrected chi connectivity index (χ2v) is 8.18. The molecule has 33 heavy (non-hydrogen) atoms. The first-order valence-corrected chi connectivity index (χ1v) is 10.9. The lowest BCUT2D eigenvalue weighted by molar-refractivity contribution is -0.116. The van der Waals surface area contributed by atoms with Gasteiger partial charge in [0.05, 0.1) is 37.7 Å². The Labute approximate surface area is 199 Å². The Hall–Kier alpha value is -3.03. The summed E-state index contributed by atoms with van der Waals surface area (Å²) in [7, 11) is 3.21. The van der Waals surface area contributed by atoms with E-state index in [-0.39, 0.29) is 18.3 Å². The van der Waals surface area contributed by atoms with Crippen molar-refractivity contribution in [2.24, 2.45) is 5.73 Å². The lowest BCUT2D eigenvalue weighted by atomic mass is 9.92. The molecule has 174 valence electrons. The average molecular weight is 470 g/mol. The first-order chi connectivity index (χ1) is 15.6. The predicted molar refractivity (Wildman–Crippen MR) is 131 cm³/mol. The van der Waals surface area contributed by atoms with Crippen LogP contribution in [0.3, 0.4) is 0 Å². The van der Waals surface area contributed by atoms with Crippen LogP contribution in [-0.2, 0) is 17.6 Å². The van der Waals surface area contributed by atoms with E-state index in [9.17, 15) is 4.79 Å². The molecule has 1 aliphatic carbocycles. The zero-order chi connectivity index (χ0) is 22.4. The Morgan fingerprint density at radius 1 is 1.18 bits per heavy atom. The predicted octanol–water partition coefficient (Wildman–Crippen LogP) is 3.88. The maximum absolute atomic E-state index is 12.5. The largest absolute Gasteiger partial charge is 0.494 e. The molecule has 0 fully saturated rings. The minimum absolute atomic E-state index is 0. The Kier molecular flexibility index (Phi) is 6.36. The minimum Gasteiger partial charge on any atom is -0.494 e. The molecule has 0 saturated carbocycles. The standard InChI is InChI=1S/C25H27N3O4.ClH/c1-14(29)28-9-7-18-19-12-15-11-16(32-10-4-8-26)5-6-17(15)23(19)27-20-13-21(30-2)25(31-3)24(28)22(18)20;/h5-6,11,13H,4,7-10,12,26H2,1-3H3;1H. The summed E-state index contributed by atoms with van der Waals surface area (Å²) in [5.41, 5.74) is 13.0. The summed E-state index contributed by atoms with van der Waals surface area (Å²) in [6.07, 6.45) is 2.40. The van der Waals surface area contributed by atoms with Crippen molar-refractivity contribution in [3.05, 3.63) is 41.0 Å². The van der Waals surface area contributed by atoms with Crippen LogP contribution in [0.15, 0.2) is 24.3 Å². The number of rotatable bonds is 6. The number of benzene rings is 2. The Morgan fingerprint density at radius 2 is 2.00 bits per heavy atom. The van der Waals surface area contributed by atoms with E-state index < -0.39 is 0 Å². The summed E-state index contributed by atoms with van der Waals surface area (Å²) in [5.74, 6) is 1.98. The van der Waals surface area contributed by atoms with Crippen LogP contribution in [-0.4, -0.2) is 44.8 Å². The molecule has 1 aliphatic heterocycles. The Morgan fingerprint density at radius 3 is 2.70 bits per heavy atom. The molecular formula is C25H28ClN3O4. The summed E-state index contributed by atoms with van der Waals surface area (Å²) < 4.78 is 17.2. The number of halogens is 1. The monoisotopic (exact) mass is 469 g/mol. The molecule has 2 N–H and O–H groups in total. The van der Waals surface area contributed by atoms with Gasteiger partial charge in [-0.15, -0.1) is 12.4 Å². The smallest absolute Gasteiger partial charge is 0.223 e. The van der Waals surface area contributed by atoms with Crippen molar-refractivity contribution in [2.75, 3.05) is 38.8 Å².